The van der Waals surface area contributed by atoms with E-state index in [4.69, 9.17) is 4.74 Å². The molecule has 0 N–H and O–H groups in total. The molecule has 132 valence electrons. The van der Waals surface area contributed by atoms with Crippen LogP contribution in [-0.4, -0.2) is 37.1 Å². The quantitative estimate of drug-likeness (QED) is 0.816. The van der Waals surface area contributed by atoms with Crippen molar-refractivity contribution in [2.45, 2.75) is 57.5 Å². The third-order valence-corrected chi connectivity index (χ3v) is 5.84. The zero-order chi connectivity index (χ0) is 17.0. The topological polar surface area (TPSA) is 29.5 Å². The maximum absolute atomic E-state index is 12.9. The van der Waals surface area contributed by atoms with Crippen molar-refractivity contribution in [3.05, 3.63) is 35.6 Å². The van der Waals surface area contributed by atoms with E-state index in [-0.39, 0.29) is 17.1 Å². The molecule has 1 heterocycles. The Bertz CT molecular complexity index is 559. The normalized spacial score (nSPS) is 26.9. The lowest BCUT2D eigenvalue weighted by Gasteiger charge is -2.43. The predicted molar refractivity (Wildman–Crippen MR) is 92.2 cm³/mol. The van der Waals surface area contributed by atoms with Gasteiger partial charge in [0.05, 0.1) is 6.10 Å². The molecule has 1 aromatic rings. The Labute approximate surface area is 144 Å². The number of aryl methyl sites for hydroxylation is 1. The van der Waals surface area contributed by atoms with Gasteiger partial charge in [-0.2, -0.15) is 0 Å². The van der Waals surface area contributed by atoms with Crippen molar-refractivity contribution in [2.75, 3.05) is 20.2 Å². The number of amides is 1. The summed E-state index contributed by atoms with van der Waals surface area (Å²) in [7, 11) is 1.81. The summed E-state index contributed by atoms with van der Waals surface area (Å²) in [6.07, 6.45) is 8.33. The molecular weight excluding hydrogens is 305 g/mol. The summed E-state index contributed by atoms with van der Waals surface area (Å²) in [6, 6.07) is 6.57. The van der Waals surface area contributed by atoms with Crippen LogP contribution in [-0.2, 0) is 16.0 Å². The number of likely N-dealkylation sites (tertiary alicyclic amines) is 1. The predicted octanol–water partition coefficient (Wildman–Crippen LogP) is 3.96. The van der Waals surface area contributed by atoms with Gasteiger partial charge in [-0.3, -0.25) is 4.79 Å². The summed E-state index contributed by atoms with van der Waals surface area (Å²) in [5.41, 5.74) is 1.29. The van der Waals surface area contributed by atoms with Crippen molar-refractivity contribution in [3.8, 4) is 0 Å². The number of halogens is 1. The van der Waals surface area contributed by atoms with Gasteiger partial charge >= 0.3 is 0 Å². The summed E-state index contributed by atoms with van der Waals surface area (Å²) in [6.45, 7) is 1.74. The summed E-state index contributed by atoms with van der Waals surface area (Å²) in [4.78, 5) is 14.7. The highest BCUT2D eigenvalue weighted by molar-refractivity contribution is 5.76. The van der Waals surface area contributed by atoms with Crippen LogP contribution in [0.1, 0.15) is 50.5 Å². The Kier molecular flexibility index (Phi) is 5.54. The van der Waals surface area contributed by atoms with E-state index in [1.54, 1.807) is 19.2 Å². The number of methoxy groups -OCH3 is 1. The summed E-state index contributed by atoms with van der Waals surface area (Å²) in [5.74, 6) is 0.0515. The van der Waals surface area contributed by atoms with E-state index in [2.05, 4.69) is 4.90 Å². The molecule has 1 amide bonds. The average Bonchev–Trinajstić information content (AvgIpc) is 2.98. The third kappa shape index (κ3) is 3.80. The van der Waals surface area contributed by atoms with Crippen LogP contribution in [0.15, 0.2) is 24.3 Å². The summed E-state index contributed by atoms with van der Waals surface area (Å²) >= 11 is 0. The lowest BCUT2D eigenvalue weighted by atomic mass is 9.76. The number of benzene rings is 1. The van der Waals surface area contributed by atoms with Crippen LogP contribution in [0.25, 0.3) is 0 Å². The Hall–Kier alpha value is -1.42. The molecule has 0 aromatic heterocycles. The summed E-state index contributed by atoms with van der Waals surface area (Å²) in [5, 5.41) is 0. The second-order valence-electron chi connectivity index (χ2n) is 7.38. The van der Waals surface area contributed by atoms with E-state index in [1.165, 1.54) is 31.4 Å². The molecule has 1 saturated heterocycles. The second kappa shape index (κ2) is 7.64. The number of nitrogens with zero attached hydrogens (tertiary/aromatic N) is 1. The number of piperidine rings is 1. The molecule has 24 heavy (non-hydrogen) atoms. The van der Waals surface area contributed by atoms with Gasteiger partial charge in [0.1, 0.15) is 5.82 Å². The number of carbonyl (C=O) groups is 1. The molecule has 3 nitrogen and oxygen atoms in total. The van der Waals surface area contributed by atoms with Gasteiger partial charge in [-0.1, -0.05) is 18.6 Å². The number of carbonyl (C=O) groups excluding carboxylic acids is 1. The van der Waals surface area contributed by atoms with Gasteiger partial charge in [0, 0.05) is 32.0 Å². The van der Waals surface area contributed by atoms with Crippen LogP contribution in [0.3, 0.4) is 0 Å². The molecule has 1 spiro atoms. The fourth-order valence-corrected chi connectivity index (χ4v) is 4.57. The first-order valence-electron chi connectivity index (χ1n) is 9.18. The van der Waals surface area contributed by atoms with Crippen molar-refractivity contribution in [3.63, 3.8) is 0 Å². The first kappa shape index (κ1) is 17.4. The minimum atomic E-state index is -0.210. The second-order valence-corrected chi connectivity index (χ2v) is 7.38. The van der Waals surface area contributed by atoms with Gasteiger partial charge in [-0.05, 0) is 56.2 Å². The van der Waals surface area contributed by atoms with E-state index < -0.39 is 0 Å². The minimum absolute atomic E-state index is 0.194. The smallest absolute Gasteiger partial charge is 0.222 e. The zero-order valence-corrected chi connectivity index (χ0v) is 14.6. The molecule has 1 saturated carbocycles. The molecule has 0 bridgehead atoms. The minimum Gasteiger partial charge on any atom is -0.381 e. The lowest BCUT2D eigenvalue weighted by Crippen LogP contribution is -2.49. The van der Waals surface area contributed by atoms with Crippen LogP contribution in [0, 0.1) is 11.2 Å². The van der Waals surface area contributed by atoms with Crippen LogP contribution in [0.5, 0.6) is 0 Å². The SMILES string of the molecule is CO[C@@H]1CCC[C@@]12CCCN(C(=O)CCCc1ccc(F)cc1)C2. The molecule has 0 radical (unpaired) electrons. The van der Waals surface area contributed by atoms with E-state index in [1.807, 2.05) is 0 Å². The molecule has 2 aliphatic rings. The van der Waals surface area contributed by atoms with Gasteiger partial charge < -0.3 is 9.64 Å². The number of rotatable bonds is 5. The molecule has 1 aliphatic carbocycles. The highest BCUT2D eigenvalue weighted by Crippen LogP contribution is 2.46. The van der Waals surface area contributed by atoms with E-state index in [0.29, 0.717) is 12.5 Å². The molecule has 1 aromatic carbocycles. The average molecular weight is 333 g/mol. The molecule has 2 atom stereocenters. The Morgan fingerprint density at radius 2 is 2.04 bits per heavy atom. The van der Waals surface area contributed by atoms with Crippen molar-refractivity contribution >= 4 is 5.91 Å². The van der Waals surface area contributed by atoms with Gasteiger partial charge in [0.25, 0.3) is 0 Å². The van der Waals surface area contributed by atoms with E-state index in [9.17, 15) is 9.18 Å². The highest BCUT2D eigenvalue weighted by atomic mass is 19.1. The molecular formula is C20H28FNO2. The maximum Gasteiger partial charge on any atom is 0.222 e. The molecule has 1 aliphatic heterocycles. The standard InChI is InChI=1S/C20H28FNO2/c1-24-18-6-3-12-20(18)13-4-14-22(15-20)19(23)7-2-5-16-8-10-17(21)11-9-16/h8-11,18H,2-7,12-15H2,1H3/t18-,20+/m1/s1. The zero-order valence-electron chi connectivity index (χ0n) is 14.6. The molecule has 4 heteroatoms. The van der Waals surface area contributed by atoms with Crippen LogP contribution in [0.4, 0.5) is 4.39 Å². The number of hydrogen-bond donors (Lipinski definition) is 0. The van der Waals surface area contributed by atoms with E-state index >= 15 is 0 Å². The van der Waals surface area contributed by atoms with Crippen molar-refractivity contribution in [1.82, 2.24) is 4.90 Å². The van der Waals surface area contributed by atoms with Crippen LogP contribution >= 0.6 is 0 Å². The first-order valence-corrected chi connectivity index (χ1v) is 9.18. The number of hydrogen-bond acceptors (Lipinski definition) is 2. The Morgan fingerprint density at radius 3 is 2.79 bits per heavy atom. The van der Waals surface area contributed by atoms with Crippen LogP contribution in [0.2, 0.25) is 0 Å². The first-order chi connectivity index (χ1) is 11.6. The molecule has 0 unspecified atom stereocenters. The summed E-state index contributed by atoms with van der Waals surface area (Å²) < 4.78 is 18.6. The fraction of sp³-hybridized carbons (Fsp3) is 0.650. The maximum atomic E-state index is 12.9. The van der Waals surface area contributed by atoms with Crippen molar-refractivity contribution in [1.29, 1.82) is 0 Å². The molecule has 2 fully saturated rings. The Morgan fingerprint density at radius 1 is 1.29 bits per heavy atom. The Balaban J connectivity index is 1.50. The largest absolute Gasteiger partial charge is 0.381 e. The van der Waals surface area contributed by atoms with E-state index in [0.717, 1.165) is 44.3 Å². The van der Waals surface area contributed by atoms with Gasteiger partial charge in [0.2, 0.25) is 5.91 Å². The lowest BCUT2D eigenvalue weighted by molar-refractivity contribution is -0.137. The van der Waals surface area contributed by atoms with Gasteiger partial charge in [-0.25, -0.2) is 4.39 Å². The highest BCUT2D eigenvalue weighted by Gasteiger charge is 2.46. The van der Waals surface area contributed by atoms with Gasteiger partial charge in [0.15, 0.2) is 0 Å². The van der Waals surface area contributed by atoms with Crippen molar-refractivity contribution in [2.24, 2.45) is 5.41 Å². The van der Waals surface area contributed by atoms with Crippen molar-refractivity contribution < 1.29 is 13.9 Å². The van der Waals surface area contributed by atoms with Gasteiger partial charge in [-0.15, -0.1) is 0 Å². The fourth-order valence-electron chi connectivity index (χ4n) is 4.57. The third-order valence-electron chi connectivity index (χ3n) is 5.84. The number of ether oxygens (including phenoxy) is 1. The molecule has 3 rings (SSSR count). The van der Waals surface area contributed by atoms with Crippen LogP contribution < -0.4 is 0 Å². The monoisotopic (exact) mass is 333 g/mol.